The lowest BCUT2D eigenvalue weighted by Crippen LogP contribution is -2.37. The molecule has 0 aliphatic rings. The second-order valence-electron chi connectivity index (χ2n) is 4.02. The van der Waals surface area contributed by atoms with E-state index in [0.717, 1.165) is 19.3 Å². The summed E-state index contributed by atoms with van der Waals surface area (Å²) in [5.74, 6) is -0.302. The van der Waals surface area contributed by atoms with Crippen molar-refractivity contribution in [3.8, 4) is 0 Å². The minimum absolute atomic E-state index is 0.210. The zero-order valence-corrected chi connectivity index (χ0v) is 11.6. The van der Waals surface area contributed by atoms with Gasteiger partial charge in [-0.05, 0) is 12.8 Å². The predicted octanol–water partition coefficient (Wildman–Crippen LogP) is 0.699. The lowest BCUT2D eigenvalue weighted by Gasteiger charge is -2.06. The molecular weight excluding hydrogens is 256 g/mol. The van der Waals surface area contributed by atoms with Crippen LogP contribution in [0.4, 0.5) is 4.79 Å². The molecule has 6 nitrogen and oxygen atoms in total. The molecule has 0 aliphatic carbocycles. The zero-order valence-electron chi connectivity index (χ0n) is 10.7. The molecule has 106 valence electrons. The highest BCUT2D eigenvalue weighted by Gasteiger charge is 2.00. The monoisotopic (exact) mass is 278 g/mol. The normalized spacial score (nSPS) is 11.8. The average molecular weight is 278 g/mol. The molecule has 0 saturated heterocycles. The summed E-state index contributed by atoms with van der Waals surface area (Å²) in [5, 5.41) is 13.7. The molecule has 2 amide bonds. The smallest absolute Gasteiger partial charge is 0.314 e. The first kappa shape index (κ1) is 16.9. The molecule has 0 bridgehead atoms. The Bertz CT molecular complexity index is 284. The van der Waals surface area contributed by atoms with Crippen molar-refractivity contribution >= 4 is 22.8 Å². The molecule has 1 unspecified atom stereocenters. The highest BCUT2D eigenvalue weighted by Crippen LogP contribution is 2.01. The third-order valence-corrected chi connectivity index (χ3v) is 3.06. The lowest BCUT2D eigenvalue weighted by molar-refractivity contribution is -0.137. The zero-order chi connectivity index (χ0) is 13.8. The molecule has 1 atom stereocenters. The molecule has 7 heteroatoms. The Hall–Kier alpha value is -1.11. The summed E-state index contributed by atoms with van der Waals surface area (Å²) >= 11 is 0. The highest BCUT2D eigenvalue weighted by atomic mass is 32.2. The first-order valence-corrected chi connectivity index (χ1v) is 7.78. The van der Waals surface area contributed by atoms with E-state index in [9.17, 15) is 13.8 Å². The quantitative estimate of drug-likeness (QED) is 0.513. The van der Waals surface area contributed by atoms with E-state index in [2.05, 4.69) is 10.6 Å². The van der Waals surface area contributed by atoms with Crippen molar-refractivity contribution < 1.29 is 18.9 Å². The molecule has 0 aromatic carbocycles. The summed E-state index contributed by atoms with van der Waals surface area (Å²) in [6, 6.07) is -0.244. The number of carboxylic acids is 1. The van der Waals surface area contributed by atoms with Crippen LogP contribution >= 0.6 is 0 Å². The second-order valence-corrected chi connectivity index (χ2v) is 5.57. The Kier molecular flexibility index (Phi) is 10.3. The van der Waals surface area contributed by atoms with Gasteiger partial charge in [-0.15, -0.1) is 0 Å². The standard InChI is InChI=1S/C11H22N2O4S/c1-18(17)9-8-13-11(16)12-7-5-3-2-4-6-10(14)15/h2-9H2,1H3,(H,14,15)(H2,12,13,16). The van der Waals surface area contributed by atoms with Crippen LogP contribution in [0.3, 0.4) is 0 Å². The van der Waals surface area contributed by atoms with Crippen LogP contribution in [-0.4, -0.2) is 46.4 Å². The van der Waals surface area contributed by atoms with Gasteiger partial charge < -0.3 is 15.7 Å². The van der Waals surface area contributed by atoms with Crippen molar-refractivity contribution in [3.63, 3.8) is 0 Å². The number of rotatable bonds is 10. The van der Waals surface area contributed by atoms with Gasteiger partial charge in [0.2, 0.25) is 0 Å². The lowest BCUT2D eigenvalue weighted by atomic mass is 10.1. The fourth-order valence-electron chi connectivity index (χ4n) is 1.33. The van der Waals surface area contributed by atoms with Crippen LogP contribution in [0.2, 0.25) is 0 Å². The summed E-state index contributed by atoms with van der Waals surface area (Å²) in [6.07, 6.45) is 5.10. The molecule has 0 heterocycles. The highest BCUT2D eigenvalue weighted by molar-refractivity contribution is 7.84. The van der Waals surface area contributed by atoms with Gasteiger partial charge in [0.05, 0.1) is 0 Å². The number of nitrogens with one attached hydrogen (secondary N) is 2. The van der Waals surface area contributed by atoms with Crippen molar-refractivity contribution in [2.24, 2.45) is 0 Å². The summed E-state index contributed by atoms with van der Waals surface area (Å²) in [4.78, 5) is 21.4. The van der Waals surface area contributed by atoms with E-state index in [0.29, 0.717) is 25.3 Å². The summed E-state index contributed by atoms with van der Waals surface area (Å²) in [5.41, 5.74) is 0. The molecule has 18 heavy (non-hydrogen) atoms. The van der Waals surface area contributed by atoms with Gasteiger partial charge in [0, 0.05) is 42.3 Å². The average Bonchev–Trinajstić information content (AvgIpc) is 2.26. The largest absolute Gasteiger partial charge is 0.481 e. The SMILES string of the molecule is CS(=O)CCNC(=O)NCCCCCCC(=O)O. The van der Waals surface area contributed by atoms with E-state index in [1.807, 2.05) is 0 Å². The van der Waals surface area contributed by atoms with Crippen molar-refractivity contribution in [1.82, 2.24) is 10.6 Å². The van der Waals surface area contributed by atoms with E-state index in [-0.39, 0.29) is 12.5 Å². The molecular formula is C11H22N2O4S. The fourth-order valence-corrected chi connectivity index (χ4v) is 1.72. The van der Waals surface area contributed by atoms with Crippen LogP contribution in [0.5, 0.6) is 0 Å². The van der Waals surface area contributed by atoms with Gasteiger partial charge in [-0.2, -0.15) is 0 Å². The molecule has 3 N–H and O–H groups in total. The van der Waals surface area contributed by atoms with Crippen LogP contribution in [0.25, 0.3) is 0 Å². The van der Waals surface area contributed by atoms with Gasteiger partial charge in [-0.3, -0.25) is 9.00 Å². The molecule has 0 aromatic rings. The topological polar surface area (TPSA) is 95.5 Å². The Morgan fingerprint density at radius 2 is 1.67 bits per heavy atom. The first-order valence-electron chi connectivity index (χ1n) is 6.06. The number of carbonyl (C=O) groups is 2. The molecule has 0 saturated carbocycles. The van der Waals surface area contributed by atoms with Crippen molar-refractivity contribution in [2.45, 2.75) is 32.1 Å². The molecule has 0 radical (unpaired) electrons. The summed E-state index contributed by atoms with van der Waals surface area (Å²) < 4.78 is 10.7. The molecule has 0 rings (SSSR count). The number of amides is 2. The van der Waals surface area contributed by atoms with Gasteiger partial charge in [0.15, 0.2) is 0 Å². The number of aliphatic carboxylic acids is 1. The van der Waals surface area contributed by atoms with Gasteiger partial charge in [-0.1, -0.05) is 12.8 Å². The third kappa shape index (κ3) is 13.0. The van der Waals surface area contributed by atoms with Gasteiger partial charge >= 0.3 is 12.0 Å². The summed E-state index contributed by atoms with van der Waals surface area (Å²) in [7, 11) is -0.888. The van der Waals surface area contributed by atoms with E-state index >= 15 is 0 Å². The molecule has 0 aromatic heterocycles. The van der Waals surface area contributed by atoms with E-state index < -0.39 is 16.8 Å². The Morgan fingerprint density at radius 3 is 2.28 bits per heavy atom. The van der Waals surface area contributed by atoms with Crippen LogP contribution in [0.1, 0.15) is 32.1 Å². The number of unbranched alkanes of at least 4 members (excludes halogenated alkanes) is 3. The minimum Gasteiger partial charge on any atom is -0.481 e. The maximum atomic E-state index is 11.2. The first-order chi connectivity index (χ1) is 8.52. The van der Waals surface area contributed by atoms with Crippen molar-refractivity contribution in [2.75, 3.05) is 25.1 Å². The van der Waals surface area contributed by atoms with Crippen LogP contribution in [0, 0.1) is 0 Å². The minimum atomic E-state index is -0.888. The molecule has 0 aliphatic heterocycles. The van der Waals surface area contributed by atoms with E-state index in [4.69, 9.17) is 5.11 Å². The van der Waals surface area contributed by atoms with E-state index in [1.54, 1.807) is 6.26 Å². The van der Waals surface area contributed by atoms with Crippen LogP contribution in [0.15, 0.2) is 0 Å². The van der Waals surface area contributed by atoms with Gasteiger partial charge in [-0.25, -0.2) is 4.79 Å². The number of carbonyl (C=O) groups excluding carboxylic acids is 1. The Labute approximate surface area is 110 Å². The maximum Gasteiger partial charge on any atom is 0.314 e. The third-order valence-electron chi connectivity index (χ3n) is 2.28. The molecule has 0 fully saturated rings. The number of hydrogen-bond acceptors (Lipinski definition) is 3. The number of carboxylic acid groups (broad SMARTS) is 1. The second kappa shape index (κ2) is 11.0. The number of urea groups is 1. The van der Waals surface area contributed by atoms with Crippen molar-refractivity contribution in [1.29, 1.82) is 0 Å². The Balaban J connectivity index is 3.25. The number of hydrogen-bond donors (Lipinski definition) is 3. The maximum absolute atomic E-state index is 11.2. The predicted molar refractivity (Wildman–Crippen MR) is 71.1 cm³/mol. The fraction of sp³-hybridized carbons (Fsp3) is 0.818. The van der Waals surface area contributed by atoms with Gasteiger partial charge in [0.1, 0.15) is 0 Å². The summed E-state index contributed by atoms with van der Waals surface area (Å²) in [6.45, 7) is 0.988. The molecule has 0 spiro atoms. The Morgan fingerprint density at radius 1 is 1.06 bits per heavy atom. The van der Waals surface area contributed by atoms with Crippen LogP contribution in [-0.2, 0) is 15.6 Å². The van der Waals surface area contributed by atoms with Gasteiger partial charge in [0.25, 0.3) is 0 Å². The van der Waals surface area contributed by atoms with Crippen molar-refractivity contribution in [3.05, 3.63) is 0 Å². The van der Waals surface area contributed by atoms with Crippen LogP contribution < -0.4 is 10.6 Å². The van der Waals surface area contributed by atoms with E-state index in [1.165, 1.54) is 0 Å².